The van der Waals surface area contributed by atoms with Gasteiger partial charge in [-0.3, -0.25) is 14.4 Å². The number of carbonyl (C=O) groups excluding carboxylic acids is 3. The second kappa shape index (κ2) is 9.97. The number of carbonyl (C=O) groups is 3. The standard InChI is InChI=1S/C30H29N5O3S2/c1-2-22(36)35-13-3-5-18(15-35)34-29(38)27-24-23-19(11-12-20(31)26(23)40-27)30(33,28(37)25(24)32)17-9-7-16(8-10-17)21-6-4-14-39-21/h2,4,6-12,14,18,25H,1,3,5,13,15,31-33H2,(H,34,38). The fourth-order valence-corrected chi connectivity index (χ4v) is 7.80. The maximum Gasteiger partial charge on any atom is 0.262 e. The summed E-state index contributed by atoms with van der Waals surface area (Å²) in [4.78, 5) is 42.9. The summed E-state index contributed by atoms with van der Waals surface area (Å²) in [5.41, 5.74) is 21.6. The molecule has 1 fully saturated rings. The molecule has 0 spiro atoms. The first-order valence-electron chi connectivity index (χ1n) is 13.0. The Labute approximate surface area is 239 Å². The molecular formula is C30H29N5O3S2. The van der Waals surface area contributed by atoms with E-state index < -0.39 is 11.6 Å². The van der Waals surface area contributed by atoms with Crippen LogP contribution in [-0.2, 0) is 15.1 Å². The molecule has 1 aliphatic carbocycles. The van der Waals surface area contributed by atoms with Gasteiger partial charge in [-0.1, -0.05) is 43.0 Å². The van der Waals surface area contributed by atoms with Crippen LogP contribution in [0.3, 0.4) is 0 Å². The van der Waals surface area contributed by atoms with E-state index >= 15 is 0 Å². The molecule has 3 unspecified atom stereocenters. The Hall–Kier alpha value is -3.83. The molecule has 6 rings (SSSR count). The number of likely N-dealkylation sites (tertiary alicyclic amines) is 1. The van der Waals surface area contributed by atoms with E-state index in [2.05, 4.69) is 11.9 Å². The van der Waals surface area contributed by atoms with Crippen LogP contribution in [0.1, 0.15) is 45.2 Å². The molecule has 2 aliphatic rings. The average Bonchev–Trinajstić information content (AvgIpc) is 3.65. The van der Waals surface area contributed by atoms with Crippen LogP contribution in [0.15, 0.2) is 66.6 Å². The third-order valence-corrected chi connectivity index (χ3v) is 10.1. The quantitative estimate of drug-likeness (QED) is 0.211. The summed E-state index contributed by atoms with van der Waals surface area (Å²) in [5.74, 6) is -0.890. The number of piperidine rings is 1. The summed E-state index contributed by atoms with van der Waals surface area (Å²) in [5, 5.41) is 5.73. The highest BCUT2D eigenvalue weighted by molar-refractivity contribution is 7.21. The maximum atomic E-state index is 14.0. The van der Waals surface area contributed by atoms with Crippen molar-refractivity contribution in [2.45, 2.75) is 30.5 Å². The zero-order chi connectivity index (χ0) is 28.2. The fraction of sp³-hybridized carbons (Fsp3) is 0.233. The first-order chi connectivity index (χ1) is 19.2. The van der Waals surface area contributed by atoms with E-state index in [1.807, 2.05) is 41.8 Å². The zero-order valence-electron chi connectivity index (χ0n) is 21.7. The summed E-state index contributed by atoms with van der Waals surface area (Å²) >= 11 is 2.85. The van der Waals surface area contributed by atoms with Crippen LogP contribution in [0.4, 0.5) is 5.69 Å². The van der Waals surface area contributed by atoms with Gasteiger partial charge in [0.05, 0.1) is 15.6 Å². The third-order valence-electron chi connectivity index (χ3n) is 7.91. The monoisotopic (exact) mass is 571 g/mol. The molecule has 204 valence electrons. The van der Waals surface area contributed by atoms with Gasteiger partial charge in [-0.05, 0) is 53.1 Å². The van der Waals surface area contributed by atoms with Crippen molar-refractivity contribution in [3.05, 3.63) is 88.1 Å². The number of nitrogens with two attached hydrogens (primary N) is 3. The van der Waals surface area contributed by atoms with Crippen molar-refractivity contribution >= 4 is 56.0 Å². The van der Waals surface area contributed by atoms with Gasteiger partial charge in [0.2, 0.25) is 5.91 Å². The minimum atomic E-state index is -1.50. The van der Waals surface area contributed by atoms with E-state index in [0.29, 0.717) is 50.4 Å². The number of anilines is 1. The predicted molar refractivity (Wildman–Crippen MR) is 160 cm³/mol. The number of ketones is 1. The van der Waals surface area contributed by atoms with Gasteiger partial charge in [-0.25, -0.2) is 0 Å². The number of nitrogen functional groups attached to an aromatic ring is 1. The number of benzene rings is 2. The molecule has 7 N–H and O–H groups in total. The van der Waals surface area contributed by atoms with Crippen molar-refractivity contribution in [1.82, 2.24) is 10.2 Å². The smallest absolute Gasteiger partial charge is 0.262 e. The summed E-state index contributed by atoms with van der Waals surface area (Å²) in [6.45, 7) is 4.57. The molecule has 2 aromatic carbocycles. The summed E-state index contributed by atoms with van der Waals surface area (Å²) < 4.78 is 0.678. The van der Waals surface area contributed by atoms with E-state index in [1.165, 1.54) is 17.4 Å². The predicted octanol–water partition coefficient (Wildman–Crippen LogP) is 3.90. The molecule has 1 aliphatic heterocycles. The second-order valence-corrected chi connectivity index (χ2v) is 12.2. The second-order valence-electron chi connectivity index (χ2n) is 10.3. The van der Waals surface area contributed by atoms with Crippen LogP contribution in [0.5, 0.6) is 0 Å². The van der Waals surface area contributed by atoms with Crippen LogP contribution in [0.2, 0.25) is 0 Å². The first kappa shape index (κ1) is 26.4. The number of hydrogen-bond donors (Lipinski definition) is 4. The van der Waals surface area contributed by atoms with E-state index in [-0.39, 0.29) is 23.6 Å². The first-order valence-corrected chi connectivity index (χ1v) is 14.7. The Bertz CT molecular complexity index is 1660. The summed E-state index contributed by atoms with van der Waals surface area (Å²) in [6, 6.07) is 13.8. The maximum absolute atomic E-state index is 14.0. The highest BCUT2D eigenvalue weighted by Crippen LogP contribution is 2.49. The largest absolute Gasteiger partial charge is 0.398 e. The van der Waals surface area contributed by atoms with Gasteiger partial charge >= 0.3 is 0 Å². The van der Waals surface area contributed by atoms with Crippen LogP contribution >= 0.6 is 22.7 Å². The lowest BCUT2D eigenvalue weighted by molar-refractivity contribution is -0.127. The highest BCUT2D eigenvalue weighted by atomic mass is 32.1. The Kier molecular flexibility index (Phi) is 6.58. The van der Waals surface area contributed by atoms with Crippen LogP contribution < -0.4 is 22.5 Å². The SMILES string of the molecule is C=CC(=O)N1CCCC(NC(=O)c2sc3c(N)ccc4c3c2C(N)C(=O)C4(N)c2ccc(-c3cccs3)cc2)C1. The molecule has 1 saturated heterocycles. The molecule has 10 heteroatoms. The van der Waals surface area contributed by atoms with Gasteiger partial charge in [0.15, 0.2) is 5.78 Å². The van der Waals surface area contributed by atoms with Gasteiger partial charge in [0, 0.05) is 40.6 Å². The summed E-state index contributed by atoms with van der Waals surface area (Å²) in [7, 11) is 0. The molecule has 0 saturated carbocycles. The molecule has 4 aromatic rings. The third kappa shape index (κ3) is 4.06. The number of rotatable bonds is 5. The lowest BCUT2D eigenvalue weighted by Gasteiger charge is -2.36. The van der Waals surface area contributed by atoms with E-state index in [0.717, 1.165) is 23.3 Å². The number of nitrogens with zero attached hydrogens (tertiary/aromatic N) is 1. The van der Waals surface area contributed by atoms with Crippen molar-refractivity contribution in [3.8, 4) is 10.4 Å². The number of hydrogen-bond acceptors (Lipinski definition) is 8. The number of amides is 2. The lowest BCUT2D eigenvalue weighted by atomic mass is 9.70. The molecule has 2 amide bonds. The molecule has 40 heavy (non-hydrogen) atoms. The van der Waals surface area contributed by atoms with Crippen LogP contribution in [0, 0.1) is 0 Å². The van der Waals surface area contributed by atoms with Crippen molar-refractivity contribution in [1.29, 1.82) is 0 Å². The van der Waals surface area contributed by atoms with Gasteiger partial charge < -0.3 is 27.4 Å². The van der Waals surface area contributed by atoms with E-state index in [1.54, 1.807) is 28.4 Å². The van der Waals surface area contributed by atoms with Crippen molar-refractivity contribution in [2.24, 2.45) is 11.5 Å². The van der Waals surface area contributed by atoms with E-state index in [9.17, 15) is 14.4 Å². The topological polar surface area (TPSA) is 145 Å². The van der Waals surface area contributed by atoms with Gasteiger partial charge in [-0.2, -0.15) is 0 Å². The number of thiophene rings is 2. The molecular weight excluding hydrogens is 542 g/mol. The molecule has 0 radical (unpaired) electrons. The Morgan fingerprint density at radius 3 is 2.62 bits per heavy atom. The highest BCUT2D eigenvalue weighted by Gasteiger charge is 2.48. The molecule has 3 atom stereocenters. The summed E-state index contributed by atoms with van der Waals surface area (Å²) in [6.07, 6.45) is 2.78. The Morgan fingerprint density at radius 2 is 1.93 bits per heavy atom. The van der Waals surface area contributed by atoms with Crippen LogP contribution in [-0.4, -0.2) is 41.6 Å². The molecule has 3 heterocycles. The fourth-order valence-electron chi connectivity index (χ4n) is 5.86. The Morgan fingerprint density at radius 1 is 1.15 bits per heavy atom. The van der Waals surface area contributed by atoms with Crippen molar-refractivity contribution in [2.75, 3.05) is 18.8 Å². The Balaban J connectivity index is 1.40. The van der Waals surface area contributed by atoms with Crippen molar-refractivity contribution < 1.29 is 14.4 Å². The normalized spacial score (nSPS) is 22.4. The van der Waals surface area contributed by atoms with Crippen molar-refractivity contribution in [3.63, 3.8) is 0 Å². The minimum Gasteiger partial charge on any atom is -0.398 e. The van der Waals surface area contributed by atoms with Gasteiger partial charge in [0.1, 0.15) is 5.54 Å². The zero-order valence-corrected chi connectivity index (χ0v) is 23.3. The molecule has 0 bridgehead atoms. The average molecular weight is 572 g/mol. The van der Waals surface area contributed by atoms with Gasteiger partial charge in [0.25, 0.3) is 5.91 Å². The lowest BCUT2D eigenvalue weighted by Crippen LogP contribution is -2.53. The van der Waals surface area contributed by atoms with Crippen LogP contribution in [0.25, 0.3) is 20.5 Å². The molecule has 2 aromatic heterocycles. The van der Waals surface area contributed by atoms with E-state index in [4.69, 9.17) is 17.2 Å². The minimum absolute atomic E-state index is 0.163. The number of Topliss-reactive ketones (excluding diaryl/α,β-unsaturated/α-hetero) is 1. The van der Waals surface area contributed by atoms with Gasteiger partial charge in [-0.15, -0.1) is 22.7 Å². The number of nitrogens with one attached hydrogen (secondary N) is 1. The molecule has 8 nitrogen and oxygen atoms in total.